The summed E-state index contributed by atoms with van der Waals surface area (Å²) in [6.45, 7) is 11.8. The minimum Gasteiger partial charge on any atom is -0.247 e. The van der Waals surface area contributed by atoms with E-state index >= 15 is 0 Å². The fourth-order valence-corrected chi connectivity index (χ4v) is 6.96. The van der Waals surface area contributed by atoms with Gasteiger partial charge in [0.1, 0.15) is 6.17 Å². The quantitative estimate of drug-likeness (QED) is 0.503. The average molecular weight is 337 g/mol. The maximum Gasteiger partial charge on any atom is 0.103 e. The van der Waals surface area contributed by atoms with Crippen molar-refractivity contribution >= 4 is 0 Å². The van der Waals surface area contributed by atoms with Gasteiger partial charge in [0.15, 0.2) is 0 Å². The van der Waals surface area contributed by atoms with E-state index in [4.69, 9.17) is 0 Å². The van der Waals surface area contributed by atoms with Crippen molar-refractivity contribution < 1.29 is 4.39 Å². The lowest BCUT2D eigenvalue weighted by Gasteiger charge is -2.49. The van der Waals surface area contributed by atoms with Crippen molar-refractivity contribution in [3.63, 3.8) is 0 Å². The molecule has 0 aromatic carbocycles. The molecule has 3 saturated carbocycles. The number of hydrogen-bond donors (Lipinski definition) is 0. The lowest BCUT2D eigenvalue weighted by Crippen LogP contribution is -2.42. The first-order chi connectivity index (χ1) is 11.4. The van der Waals surface area contributed by atoms with Gasteiger partial charge in [-0.15, -0.1) is 0 Å². The van der Waals surface area contributed by atoms with Crippen LogP contribution in [-0.2, 0) is 0 Å². The fourth-order valence-electron chi connectivity index (χ4n) is 6.96. The highest BCUT2D eigenvalue weighted by Crippen LogP contribution is 2.51. The third-order valence-electron chi connectivity index (χ3n) is 8.61. The Hall–Kier alpha value is -0.0700. The minimum absolute atomic E-state index is 0.271. The summed E-state index contributed by atoms with van der Waals surface area (Å²) in [6.07, 6.45) is 10.3. The second-order valence-electron chi connectivity index (χ2n) is 10.4. The van der Waals surface area contributed by atoms with E-state index in [2.05, 4.69) is 34.6 Å². The first-order valence-corrected chi connectivity index (χ1v) is 11.0. The van der Waals surface area contributed by atoms with Gasteiger partial charge in [-0.2, -0.15) is 0 Å². The molecule has 0 heterocycles. The van der Waals surface area contributed by atoms with Crippen LogP contribution in [0.4, 0.5) is 4.39 Å². The van der Waals surface area contributed by atoms with Crippen LogP contribution in [0.2, 0.25) is 0 Å². The molecule has 0 bridgehead atoms. The van der Waals surface area contributed by atoms with Crippen LogP contribution < -0.4 is 0 Å². The van der Waals surface area contributed by atoms with E-state index < -0.39 is 6.17 Å². The van der Waals surface area contributed by atoms with Crippen LogP contribution >= 0.6 is 0 Å². The molecule has 24 heavy (non-hydrogen) atoms. The normalized spacial score (nSPS) is 53.8. The lowest BCUT2D eigenvalue weighted by atomic mass is 9.57. The summed E-state index contributed by atoms with van der Waals surface area (Å²) in [4.78, 5) is 0. The van der Waals surface area contributed by atoms with Crippen LogP contribution in [-0.4, -0.2) is 6.17 Å². The van der Waals surface area contributed by atoms with Gasteiger partial charge in [0.2, 0.25) is 0 Å². The summed E-state index contributed by atoms with van der Waals surface area (Å²) in [5.41, 5.74) is 0. The Morgan fingerprint density at radius 1 is 0.583 bits per heavy atom. The average Bonchev–Trinajstić information content (AvgIpc) is 2.52. The molecular weight excluding hydrogens is 295 g/mol. The Balaban J connectivity index is 1.61. The number of rotatable bonds is 2. The van der Waals surface area contributed by atoms with Crippen molar-refractivity contribution in [1.82, 2.24) is 0 Å². The second-order valence-corrected chi connectivity index (χ2v) is 10.4. The molecule has 3 aliphatic carbocycles. The van der Waals surface area contributed by atoms with Gasteiger partial charge < -0.3 is 0 Å². The maximum atomic E-state index is 14.5. The van der Waals surface area contributed by atoms with Gasteiger partial charge in [-0.25, -0.2) is 4.39 Å². The largest absolute Gasteiger partial charge is 0.247 e. The molecule has 140 valence electrons. The van der Waals surface area contributed by atoms with Crippen LogP contribution in [0.1, 0.15) is 86.0 Å². The highest BCUT2D eigenvalue weighted by molar-refractivity contribution is 4.93. The van der Waals surface area contributed by atoms with Crippen molar-refractivity contribution in [3.05, 3.63) is 0 Å². The molecule has 0 saturated heterocycles. The van der Waals surface area contributed by atoms with Gasteiger partial charge in [-0.05, 0) is 91.8 Å². The molecule has 3 aliphatic rings. The molecule has 0 aromatic heterocycles. The maximum absolute atomic E-state index is 14.5. The SMILES string of the molecule is CC1CCC(C2CC(C)C(C3CC(C)C(C)C(F)C3)C(C)C2)CC1. The van der Waals surface area contributed by atoms with Gasteiger partial charge in [0.25, 0.3) is 0 Å². The molecule has 3 fully saturated rings. The van der Waals surface area contributed by atoms with Crippen LogP contribution in [0.25, 0.3) is 0 Å². The standard InChI is InChI=1S/C23H41F/c1-14-6-8-19(9-7-14)20-11-16(3)23(17(4)12-20)21-10-15(2)18(5)22(24)13-21/h14-23H,6-13H2,1-5H3. The van der Waals surface area contributed by atoms with Crippen molar-refractivity contribution in [2.75, 3.05) is 0 Å². The molecule has 6 unspecified atom stereocenters. The molecule has 0 aliphatic heterocycles. The van der Waals surface area contributed by atoms with Crippen LogP contribution in [0.3, 0.4) is 0 Å². The van der Waals surface area contributed by atoms with Crippen LogP contribution in [0, 0.1) is 53.3 Å². The summed E-state index contributed by atoms with van der Waals surface area (Å²) in [6, 6.07) is 0. The lowest BCUT2D eigenvalue weighted by molar-refractivity contribution is -0.0105. The fraction of sp³-hybridized carbons (Fsp3) is 1.00. The van der Waals surface area contributed by atoms with E-state index in [1.807, 2.05) is 0 Å². The van der Waals surface area contributed by atoms with Crippen LogP contribution in [0.15, 0.2) is 0 Å². The topological polar surface area (TPSA) is 0 Å². The van der Waals surface area contributed by atoms with E-state index in [1.54, 1.807) is 0 Å². The van der Waals surface area contributed by atoms with E-state index in [-0.39, 0.29) is 5.92 Å². The Kier molecular flexibility index (Phi) is 5.98. The molecule has 0 nitrogen and oxygen atoms in total. The van der Waals surface area contributed by atoms with E-state index in [0.29, 0.717) is 11.8 Å². The van der Waals surface area contributed by atoms with E-state index in [1.165, 1.54) is 44.9 Å². The third kappa shape index (κ3) is 3.85. The van der Waals surface area contributed by atoms with E-state index in [0.717, 1.165) is 41.9 Å². The Morgan fingerprint density at radius 2 is 1.12 bits per heavy atom. The van der Waals surface area contributed by atoms with Crippen molar-refractivity contribution in [3.8, 4) is 0 Å². The smallest absolute Gasteiger partial charge is 0.103 e. The monoisotopic (exact) mass is 336 g/mol. The van der Waals surface area contributed by atoms with E-state index in [9.17, 15) is 4.39 Å². The molecule has 0 amide bonds. The second kappa shape index (κ2) is 7.67. The van der Waals surface area contributed by atoms with Gasteiger partial charge in [0, 0.05) is 0 Å². The Bertz CT molecular complexity index is 373. The predicted molar refractivity (Wildman–Crippen MR) is 102 cm³/mol. The van der Waals surface area contributed by atoms with Crippen molar-refractivity contribution in [2.24, 2.45) is 53.3 Å². The molecule has 0 N–H and O–H groups in total. The highest BCUT2D eigenvalue weighted by Gasteiger charge is 2.44. The molecule has 6 atom stereocenters. The van der Waals surface area contributed by atoms with Crippen molar-refractivity contribution in [1.29, 1.82) is 0 Å². The summed E-state index contributed by atoms with van der Waals surface area (Å²) in [5.74, 6) is 6.77. The molecule has 0 radical (unpaired) electrons. The first kappa shape index (κ1) is 18.7. The summed E-state index contributed by atoms with van der Waals surface area (Å²) >= 11 is 0. The molecular formula is C23H41F. The zero-order valence-corrected chi connectivity index (χ0v) is 16.8. The van der Waals surface area contributed by atoms with Crippen LogP contribution in [0.5, 0.6) is 0 Å². The summed E-state index contributed by atoms with van der Waals surface area (Å²) < 4.78 is 14.5. The zero-order chi connectivity index (χ0) is 17.4. The Labute approximate surface area is 150 Å². The number of alkyl halides is 1. The Morgan fingerprint density at radius 3 is 1.67 bits per heavy atom. The third-order valence-corrected chi connectivity index (χ3v) is 8.61. The molecule has 0 spiro atoms. The van der Waals surface area contributed by atoms with Crippen molar-refractivity contribution in [2.45, 2.75) is 92.2 Å². The molecule has 1 heteroatoms. The highest BCUT2D eigenvalue weighted by atomic mass is 19.1. The zero-order valence-electron chi connectivity index (χ0n) is 16.8. The summed E-state index contributed by atoms with van der Waals surface area (Å²) in [5, 5.41) is 0. The summed E-state index contributed by atoms with van der Waals surface area (Å²) in [7, 11) is 0. The van der Waals surface area contributed by atoms with Gasteiger partial charge in [0.05, 0.1) is 0 Å². The number of halogens is 1. The van der Waals surface area contributed by atoms with Gasteiger partial charge >= 0.3 is 0 Å². The molecule has 0 aromatic rings. The predicted octanol–water partition coefficient (Wildman–Crippen LogP) is 7.13. The van der Waals surface area contributed by atoms with Gasteiger partial charge in [-0.3, -0.25) is 0 Å². The first-order valence-electron chi connectivity index (χ1n) is 11.0. The molecule has 3 rings (SSSR count). The van der Waals surface area contributed by atoms with Gasteiger partial charge in [-0.1, -0.05) is 47.5 Å². The minimum atomic E-state index is -0.560. The number of hydrogen-bond acceptors (Lipinski definition) is 0.